The zero-order valence-electron chi connectivity index (χ0n) is 16.4. The number of amides is 1. The number of nitrogens with zero attached hydrogens (tertiary/aromatic N) is 5. The molecule has 0 aromatic carbocycles. The predicted molar refractivity (Wildman–Crippen MR) is 104 cm³/mol. The Labute approximate surface area is 158 Å². The number of H-pyrrole nitrogens is 1. The summed E-state index contributed by atoms with van der Waals surface area (Å²) in [6, 6.07) is 4.02. The van der Waals surface area contributed by atoms with Crippen LogP contribution in [0.4, 0.5) is 0 Å². The van der Waals surface area contributed by atoms with Gasteiger partial charge in [0.2, 0.25) is 0 Å². The summed E-state index contributed by atoms with van der Waals surface area (Å²) in [5, 5.41) is 4.53. The third kappa shape index (κ3) is 3.34. The zero-order chi connectivity index (χ0) is 19.2. The number of nitrogens with one attached hydrogen (secondary N) is 1. The van der Waals surface area contributed by atoms with Crippen LogP contribution < -0.4 is 0 Å². The quantitative estimate of drug-likeness (QED) is 0.756. The molecule has 7 heteroatoms. The normalized spacial score (nSPS) is 16.2. The molecule has 0 spiro atoms. The third-order valence-corrected chi connectivity index (χ3v) is 5.37. The summed E-state index contributed by atoms with van der Waals surface area (Å²) in [5.74, 6) is 0.473. The molecule has 7 nitrogen and oxygen atoms in total. The molecular weight excluding hydrogens is 340 g/mol. The van der Waals surface area contributed by atoms with Crippen molar-refractivity contribution < 1.29 is 4.79 Å². The summed E-state index contributed by atoms with van der Waals surface area (Å²) in [4.78, 5) is 27.0. The van der Waals surface area contributed by atoms with Gasteiger partial charge >= 0.3 is 0 Å². The first-order valence-corrected chi connectivity index (χ1v) is 9.46. The second kappa shape index (κ2) is 6.48. The Kier molecular flexibility index (Phi) is 4.25. The molecule has 4 rings (SSSR count). The lowest BCUT2D eigenvalue weighted by Crippen LogP contribution is -2.38. The number of carbonyl (C=O) groups is 1. The summed E-state index contributed by atoms with van der Waals surface area (Å²) in [6.45, 7) is 7.82. The van der Waals surface area contributed by atoms with Crippen LogP contribution in [-0.2, 0) is 12.5 Å². The van der Waals surface area contributed by atoms with Crippen LogP contribution in [0.5, 0.6) is 0 Å². The smallest absolute Gasteiger partial charge is 0.272 e. The lowest BCUT2D eigenvalue weighted by Gasteiger charge is -2.31. The number of aromatic nitrogens is 5. The van der Waals surface area contributed by atoms with E-state index in [1.165, 1.54) is 5.69 Å². The SMILES string of the molecule is Cn1nc(C(C)(C)C)cc1C(=O)N1CCC(c2cc3nccnc3[nH]2)CC1. The molecule has 1 N–H and O–H groups in total. The molecule has 1 saturated heterocycles. The van der Waals surface area contributed by atoms with Crippen LogP contribution >= 0.6 is 0 Å². The van der Waals surface area contributed by atoms with E-state index in [2.05, 4.69) is 46.9 Å². The van der Waals surface area contributed by atoms with Crippen LogP contribution in [0.2, 0.25) is 0 Å². The van der Waals surface area contributed by atoms with Crippen molar-refractivity contribution in [2.75, 3.05) is 13.1 Å². The molecule has 1 aliphatic heterocycles. The monoisotopic (exact) mass is 366 g/mol. The van der Waals surface area contributed by atoms with Gasteiger partial charge in [-0.05, 0) is 25.0 Å². The Morgan fingerprint density at radius 3 is 2.48 bits per heavy atom. The van der Waals surface area contributed by atoms with Crippen LogP contribution in [0.1, 0.15) is 61.4 Å². The fraction of sp³-hybridized carbons (Fsp3) is 0.500. The van der Waals surface area contributed by atoms with Crippen molar-refractivity contribution in [2.45, 2.75) is 44.9 Å². The number of piperidine rings is 1. The summed E-state index contributed by atoms with van der Waals surface area (Å²) in [7, 11) is 1.85. The van der Waals surface area contributed by atoms with Gasteiger partial charge in [-0.2, -0.15) is 5.10 Å². The van der Waals surface area contributed by atoms with Gasteiger partial charge in [0.05, 0.1) is 5.69 Å². The molecule has 0 radical (unpaired) electrons. The Morgan fingerprint density at radius 2 is 1.85 bits per heavy atom. The van der Waals surface area contributed by atoms with Crippen LogP contribution in [0.25, 0.3) is 11.2 Å². The Bertz CT molecular complexity index is 939. The largest absolute Gasteiger partial charge is 0.342 e. The number of hydrogen-bond acceptors (Lipinski definition) is 4. The van der Waals surface area contributed by atoms with Gasteiger partial charge in [-0.3, -0.25) is 14.5 Å². The van der Waals surface area contributed by atoms with E-state index in [1.807, 2.05) is 18.0 Å². The minimum absolute atomic E-state index is 0.0685. The molecule has 3 aromatic heterocycles. The van der Waals surface area contributed by atoms with Crippen molar-refractivity contribution in [3.05, 3.63) is 41.6 Å². The molecule has 27 heavy (non-hydrogen) atoms. The number of aromatic amines is 1. The maximum atomic E-state index is 13.0. The highest BCUT2D eigenvalue weighted by molar-refractivity contribution is 5.92. The van der Waals surface area contributed by atoms with Gasteiger partial charge in [-0.1, -0.05) is 20.8 Å². The highest BCUT2D eigenvalue weighted by Crippen LogP contribution is 2.30. The third-order valence-electron chi connectivity index (χ3n) is 5.37. The first-order valence-electron chi connectivity index (χ1n) is 9.46. The molecular formula is C20H26N6O. The van der Waals surface area contributed by atoms with E-state index >= 15 is 0 Å². The maximum absolute atomic E-state index is 13.0. The van der Waals surface area contributed by atoms with Crippen LogP contribution in [0, 0.1) is 0 Å². The van der Waals surface area contributed by atoms with Crippen molar-refractivity contribution in [3.8, 4) is 0 Å². The van der Waals surface area contributed by atoms with E-state index in [-0.39, 0.29) is 11.3 Å². The summed E-state index contributed by atoms with van der Waals surface area (Å²) in [5.41, 5.74) is 4.43. The summed E-state index contributed by atoms with van der Waals surface area (Å²) in [6.07, 6.45) is 5.27. The van der Waals surface area contributed by atoms with Gasteiger partial charge in [0.1, 0.15) is 11.2 Å². The van der Waals surface area contributed by atoms with Gasteiger partial charge in [0.25, 0.3) is 5.91 Å². The van der Waals surface area contributed by atoms with Gasteiger partial charge < -0.3 is 9.88 Å². The minimum Gasteiger partial charge on any atom is -0.342 e. The molecule has 0 atom stereocenters. The van der Waals surface area contributed by atoms with Crippen LogP contribution in [-0.4, -0.2) is 48.6 Å². The molecule has 0 saturated carbocycles. The molecule has 0 aliphatic carbocycles. The maximum Gasteiger partial charge on any atom is 0.272 e. The molecule has 0 unspecified atom stereocenters. The highest BCUT2D eigenvalue weighted by Gasteiger charge is 2.29. The van der Waals surface area contributed by atoms with Gasteiger partial charge in [0, 0.05) is 49.6 Å². The fourth-order valence-electron chi connectivity index (χ4n) is 3.68. The van der Waals surface area contributed by atoms with E-state index in [0.29, 0.717) is 11.6 Å². The second-order valence-corrected chi connectivity index (χ2v) is 8.37. The number of aryl methyl sites for hydroxylation is 1. The second-order valence-electron chi connectivity index (χ2n) is 8.37. The molecule has 1 fully saturated rings. The number of rotatable bonds is 2. The molecule has 1 amide bonds. The zero-order valence-corrected chi connectivity index (χ0v) is 16.4. The average molecular weight is 366 g/mol. The van der Waals surface area contributed by atoms with E-state index in [0.717, 1.165) is 42.8 Å². The number of fused-ring (bicyclic) bond motifs is 1. The van der Waals surface area contributed by atoms with Gasteiger partial charge in [0.15, 0.2) is 5.65 Å². The lowest BCUT2D eigenvalue weighted by atomic mass is 9.92. The van der Waals surface area contributed by atoms with Crippen LogP contribution in [0.15, 0.2) is 24.5 Å². The van der Waals surface area contributed by atoms with Crippen molar-refractivity contribution >= 4 is 17.1 Å². The van der Waals surface area contributed by atoms with Crippen molar-refractivity contribution in [1.82, 2.24) is 29.6 Å². The Balaban J connectivity index is 1.46. The molecule has 1 aliphatic rings. The minimum atomic E-state index is -0.0685. The van der Waals surface area contributed by atoms with Crippen LogP contribution in [0.3, 0.4) is 0 Å². The summed E-state index contributed by atoms with van der Waals surface area (Å²) < 4.78 is 1.71. The summed E-state index contributed by atoms with van der Waals surface area (Å²) >= 11 is 0. The van der Waals surface area contributed by atoms with E-state index in [9.17, 15) is 4.79 Å². The number of likely N-dealkylation sites (tertiary alicyclic amines) is 1. The fourth-order valence-corrected chi connectivity index (χ4v) is 3.68. The van der Waals surface area contributed by atoms with Gasteiger partial charge in [-0.25, -0.2) is 4.98 Å². The average Bonchev–Trinajstić information content (AvgIpc) is 3.24. The molecule has 4 heterocycles. The molecule has 142 valence electrons. The molecule has 3 aromatic rings. The van der Waals surface area contributed by atoms with E-state index < -0.39 is 0 Å². The Hall–Kier alpha value is -2.70. The first-order chi connectivity index (χ1) is 12.8. The number of hydrogen-bond donors (Lipinski definition) is 1. The van der Waals surface area contributed by atoms with E-state index in [4.69, 9.17) is 0 Å². The topological polar surface area (TPSA) is 79.7 Å². The van der Waals surface area contributed by atoms with Crippen molar-refractivity contribution in [2.24, 2.45) is 7.05 Å². The standard InChI is InChI=1S/C20H26N6O/c1-20(2,3)17-12-16(25(4)24-17)19(27)26-9-5-13(6-10-26)14-11-15-18(23-14)22-8-7-21-15/h7-8,11-13H,5-6,9-10H2,1-4H3,(H,22,23). The van der Waals surface area contributed by atoms with E-state index in [1.54, 1.807) is 17.1 Å². The Morgan fingerprint density at radius 1 is 1.15 bits per heavy atom. The predicted octanol–water partition coefficient (Wildman–Crippen LogP) is 3.01. The van der Waals surface area contributed by atoms with Gasteiger partial charge in [-0.15, -0.1) is 0 Å². The van der Waals surface area contributed by atoms with Crippen molar-refractivity contribution in [3.63, 3.8) is 0 Å². The first kappa shape index (κ1) is 17.7. The molecule has 0 bridgehead atoms. The van der Waals surface area contributed by atoms with Crippen molar-refractivity contribution in [1.29, 1.82) is 0 Å². The number of carbonyl (C=O) groups excluding carboxylic acids is 1. The highest BCUT2D eigenvalue weighted by atomic mass is 16.2. The lowest BCUT2D eigenvalue weighted by molar-refractivity contribution is 0.0701.